The van der Waals surface area contributed by atoms with Crippen LogP contribution in [0.1, 0.15) is 57.7 Å². The molecule has 2 aliphatic rings. The van der Waals surface area contributed by atoms with E-state index >= 15 is 0 Å². The van der Waals surface area contributed by atoms with Gasteiger partial charge in [-0.2, -0.15) is 11.3 Å². The van der Waals surface area contributed by atoms with Gasteiger partial charge in [-0.15, -0.1) is 0 Å². The minimum atomic E-state index is -0.00248. The SMILES string of the molecule is CCCC1(CN2C(=O)C(CC)NC2c2ccsc2)CC1. The summed E-state index contributed by atoms with van der Waals surface area (Å²) in [6.45, 7) is 5.27. The smallest absolute Gasteiger partial charge is 0.241 e. The van der Waals surface area contributed by atoms with E-state index < -0.39 is 0 Å². The molecule has 110 valence electrons. The Kier molecular flexibility index (Phi) is 3.87. The summed E-state index contributed by atoms with van der Waals surface area (Å²) in [7, 11) is 0. The second kappa shape index (κ2) is 5.49. The summed E-state index contributed by atoms with van der Waals surface area (Å²) in [4.78, 5) is 14.7. The largest absolute Gasteiger partial charge is 0.321 e. The van der Waals surface area contributed by atoms with Crippen LogP contribution in [0.2, 0.25) is 0 Å². The van der Waals surface area contributed by atoms with Gasteiger partial charge in [-0.25, -0.2) is 0 Å². The normalized spacial score (nSPS) is 28.1. The Labute approximate surface area is 125 Å². The van der Waals surface area contributed by atoms with Crippen molar-refractivity contribution in [2.24, 2.45) is 5.41 Å². The Morgan fingerprint density at radius 1 is 1.45 bits per heavy atom. The third-order valence-corrected chi connectivity index (χ3v) is 5.46. The van der Waals surface area contributed by atoms with E-state index in [9.17, 15) is 4.79 Å². The molecule has 1 aliphatic carbocycles. The molecule has 1 aliphatic heterocycles. The van der Waals surface area contributed by atoms with E-state index in [2.05, 4.69) is 40.9 Å². The molecule has 3 rings (SSSR count). The lowest BCUT2D eigenvalue weighted by Crippen LogP contribution is -2.36. The van der Waals surface area contributed by atoms with Gasteiger partial charge in [0.15, 0.2) is 0 Å². The summed E-state index contributed by atoms with van der Waals surface area (Å²) in [5, 5.41) is 7.78. The summed E-state index contributed by atoms with van der Waals surface area (Å²) < 4.78 is 0. The first-order chi connectivity index (χ1) is 9.69. The van der Waals surface area contributed by atoms with Gasteiger partial charge >= 0.3 is 0 Å². The van der Waals surface area contributed by atoms with Gasteiger partial charge in [-0.05, 0) is 53.5 Å². The number of nitrogens with zero attached hydrogens (tertiary/aromatic N) is 1. The molecular formula is C16H24N2OS. The second-order valence-corrected chi connectivity index (χ2v) is 7.08. The van der Waals surface area contributed by atoms with Crippen molar-refractivity contribution < 1.29 is 4.79 Å². The van der Waals surface area contributed by atoms with Gasteiger partial charge in [0.1, 0.15) is 6.17 Å². The fourth-order valence-electron chi connectivity index (χ4n) is 3.40. The highest BCUT2D eigenvalue weighted by molar-refractivity contribution is 7.07. The zero-order chi connectivity index (χ0) is 14.2. The first-order valence-electron chi connectivity index (χ1n) is 7.78. The van der Waals surface area contributed by atoms with Crippen LogP contribution in [-0.4, -0.2) is 23.4 Å². The van der Waals surface area contributed by atoms with Crippen molar-refractivity contribution >= 4 is 17.2 Å². The molecule has 1 aromatic heterocycles. The maximum Gasteiger partial charge on any atom is 0.241 e. The molecule has 0 aromatic carbocycles. The summed E-state index contributed by atoms with van der Waals surface area (Å²) in [5.74, 6) is 0.297. The molecule has 20 heavy (non-hydrogen) atoms. The van der Waals surface area contributed by atoms with Gasteiger partial charge < -0.3 is 4.90 Å². The topological polar surface area (TPSA) is 32.3 Å². The molecule has 1 saturated heterocycles. The molecule has 3 nitrogen and oxygen atoms in total. The van der Waals surface area contributed by atoms with E-state index in [1.165, 1.54) is 31.2 Å². The quantitative estimate of drug-likeness (QED) is 0.870. The van der Waals surface area contributed by atoms with Gasteiger partial charge in [0.05, 0.1) is 6.04 Å². The Balaban J connectivity index is 1.79. The molecule has 1 aromatic rings. The predicted molar refractivity (Wildman–Crippen MR) is 82.6 cm³/mol. The zero-order valence-electron chi connectivity index (χ0n) is 12.4. The lowest BCUT2D eigenvalue weighted by Gasteiger charge is -2.28. The monoisotopic (exact) mass is 292 g/mol. The summed E-state index contributed by atoms with van der Waals surface area (Å²) in [6.07, 6.45) is 6.01. The van der Waals surface area contributed by atoms with Crippen LogP contribution in [-0.2, 0) is 4.79 Å². The van der Waals surface area contributed by atoms with Crippen LogP contribution in [0.5, 0.6) is 0 Å². The van der Waals surface area contributed by atoms with Crippen LogP contribution >= 0.6 is 11.3 Å². The maximum absolute atomic E-state index is 12.6. The Morgan fingerprint density at radius 2 is 2.25 bits per heavy atom. The van der Waals surface area contributed by atoms with Crippen LogP contribution in [0.25, 0.3) is 0 Å². The number of nitrogens with one attached hydrogen (secondary N) is 1. The highest BCUT2D eigenvalue weighted by Gasteiger charge is 2.48. The molecule has 0 radical (unpaired) electrons. The van der Waals surface area contributed by atoms with Crippen molar-refractivity contribution in [2.75, 3.05) is 6.54 Å². The average Bonchev–Trinajstić information content (AvgIpc) is 2.88. The zero-order valence-corrected chi connectivity index (χ0v) is 13.2. The molecule has 0 bridgehead atoms. The number of carbonyl (C=O) groups is 1. The molecule has 2 atom stereocenters. The molecule has 1 amide bonds. The van der Waals surface area contributed by atoms with Crippen LogP contribution < -0.4 is 5.32 Å². The van der Waals surface area contributed by atoms with E-state index in [1.54, 1.807) is 11.3 Å². The van der Waals surface area contributed by atoms with Crippen LogP contribution in [0, 0.1) is 5.41 Å². The fraction of sp³-hybridized carbons (Fsp3) is 0.688. The Bertz CT molecular complexity index is 467. The molecule has 0 spiro atoms. The van der Waals surface area contributed by atoms with Gasteiger partial charge in [-0.3, -0.25) is 10.1 Å². The van der Waals surface area contributed by atoms with Crippen molar-refractivity contribution in [3.8, 4) is 0 Å². The third kappa shape index (κ3) is 2.51. The van der Waals surface area contributed by atoms with E-state index in [4.69, 9.17) is 0 Å². The second-order valence-electron chi connectivity index (χ2n) is 6.30. The number of hydrogen-bond acceptors (Lipinski definition) is 3. The summed E-state index contributed by atoms with van der Waals surface area (Å²) in [6, 6.07) is 2.14. The van der Waals surface area contributed by atoms with Crippen molar-refractivity contribution in [1.29, 1.82) is 0 Å². The highest BCUT2D eigenvalue weighted by Crippen LogP contribution is 2.51. The van der Waals surface area contributed by atoms with E-state index in [1.807, 2.05) is 0 Å². The van der Waals surface area contributed by atoms with E-state index in [0.29, 0.717) is 11.3 Å². The highest BCUT2D eigenvalue weighted by atomic mass is 32.1. The standard InChI is InChI=1S/C16H24N2OS/c1-3-6-16(7-8-16)11-18-14(12-5-9-20-10-12)17-13(4-2)15(18)19/h5,9-10,13-14,17H,3-4,6-8,11H2,1-2H3. The third-order valence-electron chi connectivity index (χ3n) is 4.76. The van der Waals surface area contributed by atoms with Crippen LogP contribution in [0.15, 0.2) is 16.8 Å². The molecule has 2 unspecified atom stereocenters. The fourth-order valence-corrected chi connectivity index (χ4v) is 4.08. The van der Waals surface area contributed by atoms with Gasteiger partial charge in [0, 0.05) is 6.54 Å². The van der Waals surface area contributed by atoms with Crippen LogP contribution in [0.4, 0.5) is 0 Å². The van der Waals surface area contributed by atoms with Crippen molar-refractivity contribution in [3.63, 3.8) is 0 Å². The maximum atomic E-state index is 12.6. The number of amides is 1. The molecular weight excluding hydrogens is 268 g/mol. The van der Waals surface area contributed by atoms with E-state index in [0.717, 1.165) is 13.0 Å². The molecule has 1 saturated carbocycles. The molecule has 2 heterocycles. The first kappa shape index (κ1) is 14.1. The predicted octanol–water partition coefficient (Wildman–Crippen LogP) is 3.54. The lowest BCUT2D eigenvalue weighted by atomic mass is 9.99. The van der Waals surface area contributed by atoms with Gasteiger partial charge in [0.2, 0.25) is 5.91 Å². The molecule has 4 heteroatoms. The average molecular weight is 292 g/mol. The van der Waals surface area contributed by atoms with Crippen molar-refractivity contribution in [2.45, 2.75) is 58.2 Å². The van der Waals surface area contributed by atoms with Crippen molar-refractivity contribution in [3.05, 3.63) is 22.4 Å². The van der Waals surface area contributed by atoms with Crippen molar-refractivity contribution in [1.82, 2.24) is 10.2 Å². The summed E-state index contributed by atoms with van der Waals surface area (Å²) >= 11 is 1.70. The number of hydrogen-bond donors (Lipinski definition) is 1. The summed E-state index contributed by atoms with van der Waals surface area (Å²) in [5.41, 5.74) is 1.66. The van der Waals surface area contributed by atoms with E-state index in [-0.39, 0.29) is 12.2 Å². The van der Waals surface area contributed by atoms with Gasteiger partial charge in [-0.1, -0.05) is 20.3 Å². The molecule has 1 N–H and O–H groups in total. The van der Waals surface area contributed by atoms with Crippen LogP contribution in [0.3, 0.4) is 0 Å². The Morgan fingerprint density at radius 3 is 2.80 bits per heavy atom. The minimum Gasteiger partial charge on any atom is -0.321 e. The lowest BCUT2D eigenvalue weighted by molar-refractivity contribution is -0.131. The number of carbonyl (C=O) groups excluding carboxylic acids is 1. The molecule has 2 fully saturated rings. The minimum absolute atomic E-state index is 0.00248. The number of rotatable bonds is 6. The number of thiophene rings is 1. The van der Waals surface area contributed by atoms with Gasteiger partial charge in [0.25, 0.3) is 0 Å². The first-order valence-corrected chi connectivity index (χ1v) is 8.72. The Hall–Kier alpha value is -0.870.